The number of anilines is 1. The van der Waals surface area contributed by atoms with Crippen LogP contribution in [0.4, 0.5) is 5.13 Å². The fourth-order valence-electron chi connectivity index (χ4n) is 3.26. The van der Waals surface area contributed by atoms with E-state index in [0.29, 0.717) is 28.9 Å². The van der Waals surface area contributed by atoms with E-state index in [1.165, 1.54) is 11.3 Å². The van der Waals surface area contributed by atoms with Crippen molar-refractivity contribution in [2.75, 3.05) is 18.5 Å². The van der Waals surface area contributed by atoms with Crippen LogP contribution in [0.2, 0.25) is 5.02 Å². The first-order chi connectivity index (χ1) is 14.6. The molecule has 2 heterocycles. The van der Waals surface area contributed by atoms with Crippen LogP contribution in [0.5, 0.6) is 5.75 Å². The highest BCUT2D eigenvalue weighted by Gasteiger charge is 2.34. The van der Waals surface area contributed by atoms with E-state index in [1.807, 2.05) is 30.3 Å². The zero-order chi connectivity index (χ0) is 20.9. The van der Waals surface area contributed by atoms with Gasteiger partial charge in [0, 0.05) is 17.1 Å². The summed E-state index contributed by atoms with van der Waals surface area (Å²) in [6, 6.07) is 15.9. The first-order valence-corrected chi connectivity index (χ1v) is 10.7. The molecule has 30 heavy (non-hydrogen) atoms. The van der Waals surface area contributed by atoms with E-state index in [0.717, 1.165) is 17.0 Å². The lowest BCUT2D eigenvalue weighted by molar-refractivity contribution is -0.138. The molecule has 7 nitrogen and oxygen atoms in total. The van der Waals surface area contributed by atoms with Crippen LogP contribution in [0.3, 0.4) is 0 Å². The van der Waals surface area contributed by atoms with E-state index in [9.17, 15) is 9.59 Å². The van der Waals surface area contributed by atoms with Gasteiger partial charge in [-0.1, -0.05) is 53.3 Å². The number of halogens is 1. The number of carbonyl (C=O) groups is 2. The molecule has 4 rings (SSSR count). The van der Waals surface area contributed by atoms with Crippen molar-refractivity contribution in [1.82, 2.24) is 15.1 Å². The number of ether oxygens (including phenoxy) is 1. The van der Waals surface area contributed by atoms with Gasteiger partial charge in [0.05, 0.1) is 0 Å². The van der Waals surface area contributed by atoms with Crippen LogP contribution in [-0.2, 0) is 9.59 Å². The Labute approximate surface area is 182 Å². The molecule has 0 saturated carbocycles. The van der Waals surface area contributed by atoms with Crippen LogP contribution in [0, 0.1) is 0 Å². The third-order valence-electron chi connectivity index (χ3n) is 4.73. The van der Waals surface area contributed by atoms with Gasteiger partial charge in [-0.15, -0.1) is 10.2 Å². The minimum Gasteiger partial charge on any atom is -0.484 e. The number of benzene rings is 2. The number of aromatic nitrogens is 2. The summed E-state index contributed by atoms with van der Waals surface area (Å²) in [6.07, 6.45) is 1.36. The Hall–Kier alpha value is -2.97. The molecule has 1 aromatic heterocycles. The fourth-order valence-corrected chi connectivity index (χ4v) is 4.13. The predicted octanol–water partition coefficient (Wildman–Crippen LogP) is 3.87. The van der Waals surface area contributed by atoms with Crippen molar-refractivity contribution >= 4 is 39.9 Å². The van der Waals surface area contributed by atoms with Gasteiger partial charge in [-0.05, 0) is 37.1 Å². The second kappa shape index (κ2) is 9.23. The van der Waals surface area contributed by atoms with E-state index in [2.05, 4.69) is 15.5 Å². The summed E-state index contributed by atoms with van der Waals surface area (Å²) in [6.45, 7) is 0.384. The number of rotatable bonds is 6. The number of nitrogens with zero attached hydrogens (tertiary/aromatic N) is 3. The summed E-state index contributed by atoms with van der Waals surface area (Å²) in [5.74, 6) is 0.0585. The third-order valence-corrected chi connectivity index (χ3v) is 5.87. The standard InChI is InChI=1S/C21H19ClN4O3S/c22-15-8-10-16(11-9-15)29-13-18(27)26-12-4-7-17(26)19(28)23-21-25-24-20(30-21)14-5-2-1-3-6-14/h1-3,5-6,8-11,17H,4,7,12-13H2,(H,23,25,28)/t17-/m1/s1. The molecule has 3 aromatic rings. The van der Waals surface area contributed by atoms with Gasteiger partial charge in [-0.3, -0.25) is 14.9 Å². The molecule has 1 saturated heterocycles. The lowest BCUT2D eigenvalue weighted by Crippen LogP contribution is -2.45. The van der Waals surface area contributed by atoms with E-state index >= 15 is 0 Å². The summed E-state index contributed by atoms with van der Waals surface area (Å²) in [7, 11) is 0. The molecule has 0 spiro atoms. The monoisotopic (exact) mass is 442 g/mol. The van der Waals surface area contributed by atoms with E-state index in [-0.39, 0.29) is 18.4 Å². The zero-order valence-electron chi connectivity index (χ0n) is 16.0. The number of carbonyl (C=O) groups excluding carboxylic acids is 2. The first kappa shape index (κ1) is 20.3. The number of nitrogens with one attached hydrogen (secondary N) is 1. The molecule has 0 unspecified atom stereocenters. The third kappa shape index (κ3) is 4.77. The van der Waals surface area contributed by atoms with Gasteiger partial charge >= 0.3 is 0 Å². The molecule has 0 aliphatic carbocycles. The average molecular weight is 443 g/mol. The van der Waals surface area contributed by atoms with Crippen LogP contribution in [0.25, 0.3) is 10.6 Å². The maximum Gasteiger partial charge on any atom is 0.261 e. The average Bonchev–Trinajstić information content (AvgIpc) is 3.44. The Morgan fingerprint density at radius 3 is 2.67 bits per heavy atom. The molecule has 0 radical (unpaired) electrons. The van der Waals surface area contributed by atoms with Gasteiger partial charge in [-0.25, -0.2) is 0 Å². The molecule has 1 N–H and O–H groups in total. The second-order valence-electron chi connectivity index (χ2n) is 6.76. The minimum absolute atomic E-state index is 0.137. The second-order valence-corrected chi connectivity index (χ2v) is 8.17. The Bertz CT molecular complexity index is 1030. The van der Waals surface area contributed by atoms with Crippen LogP contribution >= 0.6 is 22.9 Å². The Kier molecular flexibility index (Phi) is 6.25. The Morgan fingerprint density at radius 1 is 1.13 bits per heavy atom. The highest BCUT2D eigenvalue weighted by molar-refractivity contribution is 7.18. The molecule has 154 valence electrons. The van der Waals surface area contributed by atoms with Crippen molar-refractivity contribution in [2.45, 2.75) is 18.9 Å². The van der Waals surface area contributed by atoms with Gasteiger partial charge in [0.25, 0.3) is 5.91 Å². The maximum absolute atomic E-state index is 12.8. The van der Waals surface area contributed by atoms with Crippen molar-refractivity contribution in [3.8, 4) is 16.3 Å². The lowest BCUT2D eigenvalue weighted by atomic mass is 10.2. The Morgan fingerprint density at radius 2 is 1.90 bits per heavy atom. The predicted molar refractivity (Wildman–Crippen MR) is 116 cm³/mol. The quantitative estimate of drug-likeness (QED) is 0.626. The van der Waals surface area contributed by atoms with Crippen LogP contribution in [0.15, 0.2) is 54.6 Å². The molecular formula is C21H19ClN4O3S. The molecular weight excluding hydrogens is 424 g/mol. The molecule has 1 atom stereocenters. The number of likely N-dealkylation sites (tertiary alicyclic amines) is 1. The van der Waals surface area contributed by atoms with E-state index < -0.39 is 6.04 Å². The van der Waals surface area contributed by atoms with Crippen molar-refractivity contribution in [2.24, 2.45) is 0 Å². The zero-order valence-corrected chi connectivity index (χ0v) is 17.5. The van der Waals surface area contributed by atoms with Crippen molar-refractivity contribution < 1.29 is 14.3 Å². The number of hydrogen-bond donors (Lipinski definition) is 1. The topological polar surface area (TPSA) is 84.4 Å². The highest BCUT2D eigenvalue weighted by Crippen LogP contribution is 2.27. The van der Waals surface area contributed by atoms with Crippen molar-refractivity contribution in [1.29, 1.82) is 0 Å². The van der Waals surface area contributed by atoms with Gasteiger partial charge in [0.1, 0.15) is 16.8 Å². The largest absolute Gasteiger partial charge is 0.484 e. The molecule has 1 fully saturated rings. The summed E-state index contributed by atoms with van der Waals surface area (Å²) in [5.41, 5.74) is 0.938. The van der Waals surface area contributed by atoms with E-state index in [1.54, 1.807) is 29.2 Å². The van der Waals surface area contributed by atoms with Crippen LogP contribution in [-0.4, -0.2) is 46.1 Å². The van der Waals surface area contributed by atoms with Crippen molar-refractivity contribution in [3.05, 3.63) is 59.6 Å². The fraction of sp³-hybridized carbons (Fsp3) is 0.238. The molecule has 0 bridgehead atoms. The normalized spacial score (nSPS) is 15.8. The Balaban J connectivity index is 1.35. The van der Waals surface area contributed by atoms with Gasteiger partial charge in [0.2, 0.25) is 11.0 Å². The van der Waals surface area contributed by atoms with Gasteiger partial charge in [0.15, 0.2) is 6.61 Å². The molecule has 9 heteroatoms. The number of amides is 2. The molecule has 1 aliphatic heterocycles. The minimum atomic E-state index is -0.546. The van der Waals surface area contributed by atoms with E-state index in [4.69, 9.17) is 16.3 Å². The SMILES string of the molecule is O=C(Nc1nnc(-c2ccccc2)s1)[C@H]1CCCN1C(=O)COc1ccc(Cl)cc1. The smallest absolute Gasteiger partial charge is 0.261 e. The molecule has 2 aromatic carbocycles. The lowest BCUT2D eigenvalue weighted by Gasteiger charge is -2.23. The summed E-state index contributed by atoms with van der Waals surface area (Å²) in [5, 5.41) is 12.7. The van der Waals surface area contributed by atoms with Crippen LogP contribution in [0.1, 0.15) is 12.8 Å². The number of hydrogen-bond acceptors (Lipinski definition) is 6. The molecule has 1 aliphatic rings. The van der Waals surface area contributed by atoms with Gasteiger partial charge in [-0.2, -0.15) is 0 Å². The summed E-state index contributed by atoms with van der Waals surface area (Å²) in [4.78, 5) is 26.9. The maximum atomic E-state index is 12.8. The van der Waals surface area contributed by atoms with Crippen LogP contribution < -0.4 is 10.1 Å². The highest BCUT2D eigenvalue weighted by atomic mass is 35.5. The summed E-state index contributed by atoms with van der Waals surface area (Å²) < 4.78 is 5.53. The van der Waals surface area contributed by atoms with Crippen molar-refractivity contribution in [3.63, 3.8) is 0 Å². The molecule has 2 amide bonds. The first-order valence-electron chi connectivity index (χ1n) is 9.48. The summed E-state index contributed by atoms with van der Waals surface area (Å²) >= 11 is 7.15. The van der Waals surface area contributed by atoms with Gasteiger partial charge < -0.3 is 9.64 Å².